The van der Waals surface area contributed by atoms with E-state index in [2.05, 4.69) is 24.4 Å². The van der Waals surface area contributed by atoms with Gasteiger partial charge in [0, 0.05) is 17.1 Å². The Morgan fingerprint density at radius 2 is 2.06 bits per heavy atom. The van der Waals surface area contributed by atoms with E-state index in [1.54, 1.807) is 0 Å². The van der Waals surface area contributed by atoms with Gasteiger partial charge in [-0.15, -0.1) is 0 Å². The molecule has 0 saturated heterocycles. The topological polar surface area (TPSA) is 12.0 Å². The van der Waals surface area contributed by atoms with E-state index < -0.39 is 0 Å². The number of nitrogens with one attached hydrogen (secondary N) is 1. The van der Waals surface area contributed by atoms with Crippen molar-refractivity contribution >= 4 is 11.6 Å². The normalized spacial score (nSPS) is 32.9. The second-order valence-corrected chi connectivity index (χ2v) is 6.10. The first-order valence-corrected chi connectivity index (χ1v) is 7.12. The van der Waals surface area contributed by atoms with Crippen LogP contribution in [-0.4, -0.2) is 6.04 Å². The highest BCUT2D eigenvalue weighted by atomic mass is 35.5. The average Bonchev–Trinajstić information content (AvgIpc) is 2.91. The minimum atomic E-state index is 0.369. The van der Waals surface area contributed by atoms with Crippen molar-refractivity contribution in [3.8, 4) is 0 Å². The molecule has 0 radical (unpaired) electrons. The molecule has 1 N–H and O–H groups in total. The van der Waals surface area contributed by atoms with Gasteiger partial charge in [-0.05, 0) is 49.7 Å². The molecule has 0 spiro atoms. The fourth-order valence-corrected chi connectivity index (χ4v) is 3.99. The van der Waals surface area contributed by atoms with Gasteiger partial charge >= 0.3 is 0 Å². The highest BCUT2D eigenvalue weighted by molar-refractivity contribution is 6.31. The molecule has 92 valence electrons. The summed E-state index contributed by atoms with van der Waals surface area (Å²) in [5.74, 6) is 1.92. The van der Waals surface area contributed by atoms with Crippen LogP contribution < -0.4 is 5.32 Å². The lowest BCUT2D eigenvalue weighted by molar-refractivity contribution is 0.327. The van der Waals surface area contributed by atoms with Crippen LogP contribution in [0.2, 0.25) is 5.02 Å². The molecule has 0 aromatic heterocycles. The third-order valence-corrected chi connectivity index (χ3v) is 4.92. The number of fused-ring (bicyclic) bond motifs is 2. The van der Waals surface area contributed by atoms with Crippen molar-refractivity contribution in [3.05, 3.63) is 34.9 Å². The molecular formula is C15H20ClN. The molecule has 1 nitrogen and oxygen atoms in total. The first kappa shape index (κ1) is 11.6. The van der Waals surface area contributed by atoms with Gasteiger partial charge in [-0.3, -0.25) is 0 Å². The number of benzene rings is 1. The SMILES string of the molecule is C[C@H](NC1CC2CCC1C2)c1ccccc1Cl. The van der Waals surface area contributed by atoms with E-state index in [0.717, 1.165) is 22.9 Å². The highest BCUT2D eigenvalue weighted by Crippen LogP contribution is 2.45. The van der Waals surface area contributed by atoms with Crippen molar-refractivity contribution in [3.63, 3.8) is 0 Å². The summed E-state index contributed by atoms with van der Waals surface area (Å²) in [6, 6.07) is 9.27. The number of rotatable bonds is 3. The zero-order chi connectivity index (χ0) is 11.8. The molecule has 1 aromatic carbocycles. The Morgan fingerprint density at radius 3 is 2.71 bits per heavy atom. The van der Waals surface area contributed by atoms with Crippen LogP contribution in [0.5, 0.6) is 0 Å². The smallest absolute Gasteiger partial charge is 0.0453 e. The molecule has 3 unspecified atom stereocenters. The van der Waals surface area contributed by atoms with Crippen molar-refractivity contribution in [1.82, 2.24) is 5.32 Å². The van der Waals surface area contributed by atoms with Crippen molar-refractivity contribution < 1.29 is 0 Å². The van der Waals surface area contributed by atoms with E-state index in [0.29, 0.717) is 6.04 Å². The van der Waals surface area contributed by atoms with Crippen molar-refractivity contribution in [2.45, 2.75) is 44.7 Å². The Labute approximate surface area is 109 Å². The van der Waals surface area contributed by atoms with Gasteiger partial charge in [0.1, 0.15) is 0 Å². The molecule has 0 amide bonds. The summed E-state index contributed by atoms with van der Waals surface area (Å²) >= 11 is 6.24. The standard InChI is InChI=1S/C15H20ClN/c1-10(13-4-2-3-5-14(13)16)17-15-9-11-6-7-12(15)8-11/h2-5,10-12,15,17H,6-9H2,1H3/t10-,11?,12?,15?/m0/s1. The molecule has 0 aliphatic heterocycles. The Balaban J connectivity index is 1.68. The molecule has 2 fully saturated rings. The van der Waals surface area contributed by atoms with Crippen molar-refractivity contribution in [2.24, 2.45) is 11.8 Å². The van der Waals surface area contributed by atoms with Gasteiger partial charge in [-0.1, -0.05) is 36.2 Å². The third kappa shape index (κ3) is 2.23. The lowest BCUT2D eigenvalue weighted by atomic mass is 9.94. The second-order valence-electron chi connectivity index (χ2n) is 5.69. The summed E-state index contributed by atoms with van der Waals surface area (Å²) in [6.07, 6.45) is 5.72. The van der Waals surface area contributed by atoms with Gasteiger partial charge in [0.05, 0.1) is 0 Å². The fraction of sp³-hybridized carbons (Fsp3) is 0.600. The van der Waals surface area contributed by atoms with Gasteiger partial charge in [0.15, 0.2) is 0 Å². The van der Waals surface area contributed by atoms with Gasteiger partial charge in [0.2, 0.25) is 0 Å². The second kappa shape index (κ2) is 4.62. The Bertz CT molecular complexity index is 404. The zero-order valence-corrected chi connectivity index (χ0v) is 11.1. The van der Waals surface area contributed by atoms with E-state index >= 15 is 0 Å². The molecular weight excluding hydrogens is 230 g/mol. The molecule has 2 saturated carbocycles. The summed E-state index contributed by atoms with van der Waals surface area (Å²) in [5.41, 5.74) is 1.23. The first-order valence-electron chi connectivity index (χ1n) is 6.74. The number of hydrogen-bond donors (Lipinski definition) is 1. The fourth-order valence-electron chi connectivity index (χ4n) is 3.69. The molecule has 4 atom stereocenters. The minimum Gasteiger partial charge on any atom is -0.307 e. The van der Waals surface area contributed by atoms with Crippen molar-refractivity contribution in [1.29, 1.82) is 0 Å². The maximum absolute atomic E-state index is 6.24. The van der Waals surface area contributed by atoms with Gasteiger partial charge in [-0.25, -0.2) is 0 Å². The maximum atomic E-state index is 6.24. The van der Waals surface area contributed by atoms with Crippen LogP contribution in [0.4, 0.5) is 0 Å². The molecule has 2 heteroatoms. The molecule has 2 aliphatic carbocycles. The molecule has 2 bridgehead atoms. The van der Waals surface area contributed by atoms with Crippen LogP contribution in [0.1, 0.15) is 44.2 Å². The predicted molar refractivity (Wildman–Crippen MR) is 72.2 cm³/mol. The van der Waals surface area contributed by atoms with Crippen LogP contribution in [-0.2, 0) is 0 Å². The number of halogens is 1. The Hall–Kier alpha value is -0.530. The Morgan fingerprint density at radius 1 is 1.24 bits per heavy atom. The van der Waals surface area contributed by atoms with Gasteiger partial charge in [-0.2, -0.15) is 0 Å². The summed E-state index contributed by atoms with van der Waals surface area (Å²) < 4.78 is 0. The summed E-state index contributed by atoms with van der Waals surface area (Å²) in [6.45, 7) is 2.23. The van der Waals surface area contributed by atoms with E-state index in [-0.39, 0.29) is 0 Å². The number of hydrogen-bond acceptors (Lipinski definition) is 1. The molecule has 2 aliphatic rings. The quantitative estimate of drug-likeness (QED) is 0.848. The van der Waals surface area contributed by atoms with Crippen molar-refractivity contribution in [2.75, 3.05) is 0 Å². The van der Waals surface area contributed by atoms with Crippen LogP contribution >= 0.6 is 11.6 Å². The largest absolute Gasteiger partial charge is 0.307 e. The van der Waals surface area contributed by atoms with E-state index in [9.17, 15) is 0 Å². The minimum absolute atomic E-state index is 0.369. The lowest BCUT2D eigenvalue weighted by Crippen LogP contribution is -2.35. The third-order valence-electron chi connectivity index (χ3n) is 4.57. The van der Waals surface area contributed by atoms with Crippen LogP contribution in [0.25, 0.3) is 0 Å². The zero-order valence-electron chi connectivity index (χ0n) is 10.3. The monoisotopic (exact) mass is 249 g/mol. The highest BCUT2D eigenvalue weighted by Gasteiger charge is 2.39. The van der Waals surface area contributed by atoms with Gasteiger partial charge < -0.3 is 5.32 Å². The van der Waals surface area contributed by atoms with Crippen LogP contribution in [0, 0.1) is 11.8 Å². The van der Waals surface area contributed by atoms with Crippen LogP contribution in [0.3, 0.4) is 0 Å². The van der Waals surface area contributed by atoms with E-state index in [1.165, 1.54) is 31.2 Å². The van der Waals surface area contributed by atoms with Crippen LogP contribution in [0.15, 0.2) is 24.3 Å². The maximum Gasteiger partial charge on any atom is 0.0453 e. The Kier molecular flexibility index (Phi) is 3.14. The first-order chi connectivity index (χ1) is 8.24. The predicted octanol–water partition coefficient (Wildman–Crippen LogP) is 4.18. The molecule has 17 heavy (non-hydrogen) atoms. The van der Waals surface area contributed by atoms with E-state index in [4.69, 9.17) is 11.6 Å². The van der Waals surface area contributed by atoms with Gasteiger partial charge in [0.25, 0.3) is 0 Å². The molecule has 1 aromatic rings. The summed E-state index contributed by atoms with van der Waals surface area (Å²) in [5, 5.41) is 4.67. The summed E-state index contributed by atoms with van der Waals surface area (Å²) in [4.78, 5) is 0. The summed E-state index contributed by atoms with van der Waals surface area (Å²) in [7, 11) is 0. The average molecular weight is 250 g/mol. The van der Waals surface area contributed by atoms with E-state index in [1.807, 2.05) is 12.1 Å². The molecule has 0 heterocycles. The molecule has 3 rings (SSSR count). The lowest BCUT2D eigenvalue weighted by Gasteiger charge is -2.27.